The lowest BCUT2D eigenvalue weighted by Crippen LogP contribution is -2.25. The number of carbonyl (C=O) groups excluding carboxylic acids is 2. The lowest BCUT2D eigenvalue weighted by Gasteiger charge is -2.17. The molecular weight excluding hydrogens is 466 g/mol. The van der Waals surface area contributed by atoms with Crippen LogP contribution in [0.3, 0.4) is 0 Å². The third-order valence-electron chi connectivity index (χ3n) is 6.56. The van der Waals surface area contributed by atoms with Crippen molar-refractivity contribution in [3.05, 3.63) is 23.3 Å². The van der Waals surface area contributed by atoms with Gasteiger partial charge in [0.1, 0.15) is 17.1 Å². The van der Waals surface area contributed by atoms with E-state index in [4.69, 9.17) is 14.2 Å². The van der Waals surface area contributed by atoms with Crippen LogP contribution in [0.15, 0.2) is 12.1 Å². The number of hydrogen-bond donors (Lipinski definition) is 1. The Morgan fingerprint density at radius 1 is 0.622 bits per heavy atom. The molecule has 0 aliphatic carbocycles. The molecule has 6 nitrogen and oxygen atoms in total. The molecule has 1 amide bonds. The van der Waals surface area contributed by atoms with Gasteiger partial charge in [0, 0.05) is 12.6 Å². The number of amides is 1. The minimum atomic E-state index is -0.516. The molecular formula is C31H53NO5. The predicted octanol–water partition coefficient (Wildman–Crippen LogP) is 8.26. The number of unbranched alkanes of at least 4 members (excludes halogenated alkanes) is 13. The Morgan fingerprint density at radius 2 is 1.08 bits per heavy atom. The minimum Gasteiger partial charge on any atom is -0.493 e. The summed E-state index contributed by atoms with van der Waals surface area (Å²) in [4.78, 5) is 25.7. The van der Waals surface area contributed by atoms with Gasteiger partial charge >= 0.3 is 5.97 Å². The summed E-state index contributed by atoms with van der Waals surface area (Å²) in [6.07, 6.45) is 18.2. The summed E-state index contributed by atoms with van der Waals surface area (Å²) in [5.74, 6) is 0.127. The first-order valence-corrected chi connectivity index (χ1v) is 14.9. The summed E-state index contributed by atoms with van der Waals surface area (Å²) in [5.41, 5.74) is 0.616. The van der Waals surface area contributed by atoms with E-state index in [1.54, 1.807) is 12.1 Å². The van der Waals surface area contributed by atoms with Gasteiger partial charge in [-0.15, -0.1) is 0 Å². The van der Waals surface area contributed by atoms with E-state index in [0.29, 0.717) is 36.8 Å². The standard InChI is InChI=1S/C31H53NO5/c1-5-8-11-14-16-19-22-36-28-25-29(37-23-20-17-15-12-9-6-2)27(31(34)35-4)24-26(28)30(33)32-21-18-13-10-7-3/h24-25H,5-23H2,1-4H3,(H,32,33). The average Bonchev–Trinajstić information content (AvgIpc) is 2.91. The molecule has 0 saturated carbocycles. The summed E-state index contributed by atoms with van der Waals surface area (Å²) in [6.45, 7) is 8.22. The summed E-state index contributed by atoms with van der Waals surface area (Å²) in [6, 6.07) is 3.27. The van der Waals surface area contributed by atoms with Gasteiger partial charge in [-0.1, -0.05) is 104 Å². The summed E-state index contributed by atoms with van der Waals surface area (Å²) in [5, 5.41) is 2.99. The highest BCUT2D eigenvalue weighted by atomic mass is 16.5. The van der Waals surface area contributed by atoms with Gasteiger partial charge in [-0.2, -0.15) is 0 Å². The maximum atomic E-state index is 13.1. The molecule has 1 aromatic rings. The van der Waals surface area contributed by atoms with Crippen LogP contribution < -0.4 is 14.8 Å². The first kappa shape index (κ1) is 32.8. The first-order valence-electron chi connectivity index (χ1n) is 14.9. The van der Waals surface area contributed by atoms with Crippen molar-refractivity contribution in [2.24, 2.45) is 0 Å². The molecule has 0 aliphatic rings. The predicted molar refractivity (Wildman–Crippen MR) is 152 cm³/mol. The van der Waals surface area contributed by atoms with Crippen molar-refractivity contribution in [1.29, 1.82) is 0 Å². The van der Waals surface area contributed by atoms with Gasteiger partial charge in [0.25, 0.3) is 5.91 Å². The van der Waals surface area contributed by atoms with E-state index >= 15 is 0 Å². The van der Waals surface area contributed by atoms with E-state index in [-0.39, 0.29) is 11.5 Å². The molecule has 0 aliphatic heterocycles. The zero-order valence-corrected chi connectivity index (χ0v) is 24.1. The Labute approximate surface area is 226 Å². The second-order valence-electron chi connectivity index (χ2n) is 9.89. The lowest BCUT2D eigenvalue weighted by atomic mass is 10.1. The fraction of sp³-hybridized carbons (Fsp3) is 0.742. The molecule has 0 radical (unpaired) electrons. The van der Waals surface area contributed by atoms with Crippen molar-refractivity contribution in [3.8, 4) is 11.5 Å². The van der Waals surface area contributed by atoms with E-state index in [1.165, 1.54) is 58.5 Å². The van der Waals surface area contributed by atoms with Gasteiger partial charge < -0.3 is 19.5 Å². The molecule has 0 saturated heterocycles. The third kappa shape index (κ3) is 14.3. The van der Waals surface area contributed by atoms with Crippen molar-refractivity contribution in [3.63, 3.8) is 0 Å². The number of carbonyl (C=O) groups is 2. The minimum absolute atomic E-state index is 0.234. The maximum absolute atomic E-state index is 13.1. The fourth-order valence-corrected chi connectivity index (χ4v) is 4.22. The Hall–Kier alpha value is -2.24. The lowest BCUT2D eigenvalue weighted by molar-refractivity contribution is 0.0595. The van der Waals surface area contributed by atoms with Crippen molar-refractivity contribution in [2.45, 2.75) is 124 Å². The van der Waals surface area contributed by atoms with Gasteiger partial charge in [0.2, 0.25) is 0 Å². The monoisotopic (exact) mass is 519 g/mol. The van der Waals surface area contributed by atoms with E-state index in [0.717, 1.165) is 51.4 Å². The van der Waals surface area contributed by atoms with E-state index in [9.17, 15) is 9.59 Å². The third-order valence-corrected chi connectivity index (χ3v) is 6.56. The molecule has 0 spiro atoms. The van der Waals surface area contributed by atoms with Crippen LogP contribution in [0.1, 0.15) is 144 Å². The number of hydrogen-bond acceptors (Lipinski definition) is 5. The van der Waals surface area contributed by atoms with Crippen LogP contribution in [0.2, 0.25) is 0 Å². The summed E-state index contributed by atoms with van der Waals surface area (Å²) < 4.78 is 17.1. The maximum Gasteiger partial charge on any atom is 0.341 e. The largest absolute Gasteiger partial charge is 0.493 e. The van der Waals surface area contributed by atoms with Crippen molar-refractivity contribution >= 4 is 11.9 Å². The van der Waals surface area contributed by atoms with E-state index < -0.39 is 5.97 Å². The van der Waals surface area contributed by atoms with Gasteiger partial charge in [0.05, 0.1) is 25.9 Å². The van der Waals surface area contributed by atoms with E-state index in [1.807, 2.05) is 0 Å². The molecule has 0 unspecified atom stereocenters. The van der Waals surface area contributed by atoms with Gasteiger partial charge in [-0.05, 0) is 25.3 Å². The number of esters is 1. The van der Waals surface area contributed by atoms with Crippen LogP contribution in [-0.2, 0) is 4.74 Å². The molecule has 212 valence electrons. The summed E-state index contributed by atoms with van der Waals surface area (Å²) >= 11 is 0. The highest BCUT2D eigenvalue weighted by Gasteiger charge is 2.22. The molecule has 0 aromatic heterocycles. The number of ether oxygens (including phenoxy) is 3. The van der Waals surface area contributed by atoms with Crippen LogP contribution in [-0.4, -0.2) is 38.7 Å². The number of methoxy groups -OCH3 is 1. The molecule has 1 aromatic carbocycles. The quantitative estimate of drug-likeness (QED) is 0.116. The zero-order chi connectivity index (χ0) is 27.1. The Kier molecular flexibility index (Phi) is 19.3. The molecule has 37 heavy (non-hydrogen) atoms. The van der Waals surface area contributed by atoms with Crippen molar-refractivity contribution in [1.82, 2.24) is 5.32 Å². The van der Waals surface area contributed by atoms with Gasteiger partial charge in [-0.3, -0.25) is 4.79 Å². The Bertz CT molecular complexity index is 749. The Morgan fingerprint density at radius 3 is 1.59 bits per heavy atom. The summed E-state index contributed by atoms with van der Waals surface area (Å²) in [7, 11) is 1.34. The van der Waals surface area contributed by atoms with Crippen LogP contribution >= 0.6 is 0 Å². The number of rotatable bonds is 23. The average molecular weight is 520 g/mol. The zero-order valence-electron chi connectivity index (χ0n) is 24.1. The molecule has 0 bridgehead atoms. The highest BCUT2D eigenvalue weighted by molar-refractivity contribution is 6.01. The van der Waals surface area contributed by atoms with Crippen molar-refractivity contribution in [2.75, 3.05) is 26.9 Å². The van der Waals surface area contributed by atoms with Crippen LogP contribution in [0.4, 0.5) is 0 Å². The Balaban J connectivity index is 2.94. The van der Waals surface area contributed by atoms with Crippen LogP contribution in [0.5, 0.6) is 11.5 Å². The fourth-order valence-electron chi connectivity index (χ4n) is 4.22. The molecule has 0 atom stereocenters. The van der Waals surface area contributed by atoms with E-state index in [2.05, 4.69) is 26.1 Å². The molecule has 0 heterocycles. The van der Waals surface area contributed by atoms with Crippen LogP contribution in [0, 0.1) is 0 Å². The first-order chi connectivity index (χ1) is 18.1. The highest BCUT2D eigenvalue weighted by Crippen LogP contribution is 2.31. The molecule has 6 heteroatoms. The molecule has 1 rings (SSSR count). The van der Waals surface area contributed by atoms with Crippen molar-refractivity contribution < 1.29 is 23.8 Å². The van der Waals surface area contributed by atoms with Gasteiger partial charge in [-0.25, -0.2) is 4.79 Å². The number of benzene rings is 1. The normalized spacial score (nSPS) is 10.8. The number of nitrogens with one attached hydrogen (secondary N) is 1. The second-order valence-corrected chi connectivity index (χ2v) is 9.89. The SMILES string of the molecule is CCCCCCCCOc1cc(OCCCCCCCC)c(C(=O)OC)cc1C(=O)NCCCCCC. The second kappa shape index (κ2) is 21.8. The molecule has 0 fully saturated rings. The van der Waals surface area contributed by atoms with Gasteiger partial charge in [0.15, 0.2) is 0 Å². The van der Waals surface area contributed by atoms with Crippen LogP contribution in [0.25, 0.3) is 0 Å². The smallest absolute Gasteiger partial charge is 0.341 e. The topological polar surface area (TPSA) is 73.9 Å². The molecule has 1 N–H and O–H groups in total.